The van der Waals surface area contributed by atoms with Gasteiger partial charge in [-0.05, 0) is 45.4 Å². The van der Waals surface area contributed by atoms with Crippen LogP contribution in [-0.2, 0) is 0 Å². The minimum atomic E-state index is -0.196. The van der Waals surface area contributed by atoms with E-state index in [0.29, 0.717) is 0 Å². The molecule has 0 saturated heterocycles. The van der Waals surface area contributed by atoms with Crippen LogP contribution >= 0.6 is 11.3 Å². The van der Waals surface area contributed by atoms with Gasteiger partial charge in [0.15, 0.2) is 0 Å². The number of nitrogens with zero attached hydrogens (tertiary/aromatic N) is 1. The van der Waals surface area contributed by atoms with Gasteiger partial charge in [-0.2, -0.15) is 0 Å². The van der Waals surface area contributed by atoms with Crippen molar-refractivity contribution in [2.75, 3.05) is 0 Å². The zero-order valence-electron chi connectivity index (χ0n) is 11.7. The van der Waals surface area contributed by atoms with Crippen LogP contribution in [0.15, 0.2) is 24.3 Å². The second kappa shape index (κ2) is 5.80. The van der Waals surface area contributed by atoms with Gasteiger partial charge < -0.3 is 5.32 Å². The minimum absolute atomic E-state index is 0.178. The molecule has 1 N–H and O–H groups in total. The first kappa shape index (κ1) is 14.2. The van der Waals surface area contributed by atoms with Crippen molar-refractivity contribution in [3.05, 3.63) is 51.2 Å². The Hall–Kier alpha value is -1.26. The quantitative estimate of drug-likeness (QED) is 0.901. The van der Waals surface area contributed by atoms with Gasteiger partial charge >= 0.3 is 0 Å². The molecule has 0 aliphatic rings. The Labute approximate surface area is 117 Å². The normalized spacial score (nSPS) is 14.4. The van der Waals surface area contributed by atoms with Gasteiger partial charge in [-0.3, -0.25) is 0 Å². The number of aryl methyl sites for hydroxylation is 2. The Balaban J connectivity index is 2.08. The third-order valence-corrected chi connectivity index (χ3v) is 4.46. The number of hydrogen-bond donors (Lipinski definition) is 1. The number of thiazole rings is 1. The van der Waals surface area contributed by atoms with Gasteiger partial charge in [0.05, 0.1) is 10.7 Å². The van der Waals surface area contributed by atoms with Crippen molar-refractivity contribution < 1.29 is 4.39 Å². The first-order valence-corrected chi connectivity index (χ1v) is 7.24. The molecule has 0 bridgehead atoms. The number of hydrogen-bond acceptors (Lipinski definition) is 3. The predicted octanol–water partition coefficient (Wildman–Crippen LogP) is 4.31. The van der Waals surface area contributed by atoms with Crippen LogP contribution in [0.4, 0.5) is 4.39 Å². The molecule has 0 amide bonds. The summed E-state index contributed by atoms with van der Waals surface area (Å²) in [5, 5.41) is 4.63. The Kier molecular flexibility index (Phi) is 4.32. The smallest absolute Gasteiger partial charge is 0.123 e. The lowest BCUT2D eigenvalue weighted by Crippen LogP contribution is -2.22. The molecule has 1 unspecified atom stereocenters. The van der Waals surface area contributed by atoms with Crippen LogP contribution in [0.2, 0.25) is 0 Å². The maximum atomic E-state index is 12.9. The fraction of sp³-hybridized carbons (Fsp3) is 0.400. The summed E-state index contributed by atoms with van der Waals surface area (Å²) < 4.78 is 12.9. The zero-order valence-corrected chi connectivity index (χ0v) is 12.5. The van der Waals surface area contributed by atoms with Crippen molar-refractivity contribution in [1.82, 2.24) is 10.3 Å². The van der Waals surface area contributed by atoms with Gasteiger partial charge in [0.25, 0.3) is 0 Å². The molecule has 2 aromatic rings. The van der Waals surface area contributed by atoms with E-state index in [4.69, 9.17) is 0 Å². The van der Waals surface area contributed by atoms with E-state index in [2.05, 4.69) is 24.1 Å². The Morgan fingerprint density at radius 3 is 2.26 bits per heavy atom. The maximum Gasteiger partial charge on any atom is 0.123 e. The largest absolute Gasteiger partial charge is 0.303 e. The number of aromatic nitrogens is 1. The first-order valence-electron chi connectivity index (χ1n) is 6.43. The molecule has 1 aromatic heterocycles. The molecule has 0 saturated carbocycles. The number of nitrogens with one attached hydrogen (secondary N) is 1. The minimum Gasteiger partial charge on any atom is -0.303 e. The monoisotopic (exact) mass is 278 g/mol. The number of halogens is 1. The highest BCUT2D eigenvalue weighted by Crippen LogP contribution is 2.26. The lowest BCUT2D eigenvalue weighted by molar-refractivity contribution is 0.497. The van der Waals surface area contributed by atoms with Crippen molar-refractivity contribution in [1.29, 1.82) is 0 Å². The molecule has 0 radical (unpaired) electrons. The predicted molar refractivity (Wildman–Crippen MR) is 78.0 cm³/mol. The van der Waals surface area contributed by atoms with Crippen molar-refractivity contribution in [3.63, 3.8) is 0 Å². The highest BCUT2D eigenvalue weighted by Gasteiger charge is 2.15. The second-order valence-electron chi connectivity index (χ2n) is 4.84. The summed E-state index contributed by atoms with van der Waals surface area (Å²) in [4.78, 5) is 5.72. The average Bonchev–Trinajstić information content (AvgIpc) is 2.69. The summed E-state index contributed by atoms with van der Waals surface area (Å²) in [6.07, 6.45) is 0. The van der Waals surface area contributed by atoms with Crippen LogP contribution in [0.5, 0.6) is 0 Å². The highest BCUT2D eigenvalue weighted by molar-refractivity contribution is 7.11. The molecule has 1 aromatic carbocycles. The Bertz CT molecular complexity index is 548. The third kappa shape index (κ3) is 3.39. The van der Waals surface area contributed by atoms with Gasteiger partial charge in [0.1, 0.15) is 5.82 Å². The van der Waals surface area contributed by atoms with Crippen LogP contribution in [0.1, 0.15) is 47.1 Å². The molecule has 2 atom stereocenters. The molecule has 0 aliphatic heterocycles. The molecule has 19 heavy (non-hydrogen) atoms. The van der Waals surface area contributed by atoms with Crippen LogP contribution in [-0.4, -0.2) is 4.98 Å². The second-order valence-corrected chi connectivity index (χ2v) is 6.08. The van der Waals surface area contributed by atoms with Crippen molar-refractivity contribution in [3.8, 4) is 0 Å². The van der Waals surface area contributed by atoms with E-state index in [1.165, 1.54) is 17.0 Å². The Morgan fingerprint density at radius 1 is 1.11 bits per heavy atom. The lowest BCUT2D eigenvalue weighted by atomic mass is 10.1. The molecule has 1 heterocycles. The standard InChI is InChI=1S/C15H19FN2S/c1-9(13-5-7-14(16)8-6-13)17-10(2)15-11(3)18-12(4)19-15/h5-10,17H,1-4H3/t9-,10?/m1/s1. The summed E-state index contributed by atoms with van der Waals surface area (Å²) in [7, 11) is 0. The molecule has 0 fully saturated rings. The van der Waals surface area contributed by atoms with E-state index in [0.717, 1.165) is 16.3 Å². The summed E-state index contributed by atoms with van der Waals surface area (Å²) in [5.41, 5.74) is 2.18. The van der Waals surface area contributed by atoms with Gasteiger partial charge in [-0.15, -0.1) is 11.3 Å². The maximum absolute atomic E-state index is 12.9. The highest BCUT2D eigenvalue weighted by atomic mass is 32.1. The van der Waals surface area contributed by atoms with Gasteiger partial charge in [0, 0.05) is 17.0 Å². The third-order valence-electron chi connectivity index (χ3n) is 3.20. The van der Waals surface area contributed by atoms with Gasteiger partial charge in [-0.25, -0.2) is 9.37 Å². The summed E-state index contributed by atoms with van der Waals surface area (Å²) in [5.74, 6) is -0.196. The van der Waals surface area contributed by atoms with E-state index < -0.39 is 0 Å². The van der Waals surface area contributed by atoms with Crippen molar-refractivity contribution in [2.45, 2.75) is 39.8 Å². The van der Waals surface area contributed by atoms with E-state index in [9.17, 15) is 4.39 Å². The number of benzene rings is 1. The fourth-order valence-electron chi connectivity index (χ4n) is 2.25. The zero-order chi connectivity index (χ0) is 14.0. The van der Waals surface area contributed by atoms with Gasteiger partial charge in [-0.1, -0.05) is 12.1 Å². The molecule has 2 rings (SSSR count). The van der Waals surface area contributed by atoms with Gasteiger partial charge in [0.2, 0.25) is 0 Å². The van der Waals surface area contributed by atoms with Crippen LogP contribution in [0, 0.1) is 19.7 Å². The first-order chi connectivity index (χ1) is 8.97. The van der Waals surface area contributed by atoms with Crippen molar-refractivity contribution >= 4 is 11.3 Å². The van der Waals surface area contributed by atoms with E-state index in [1.807, 2.05) is 26.0 Å². The summed E-state index contributed by atoms with van der Waals surface area (Å²) in [6.45, 7) is 8.30. The molecule has 4 heteroatoms. The van der Waals surface area contributed by atoms with Crippen LogP contribution in [0.25, 0.3) is 0 Å². The molecular weight excluding hydrogens is 259 g/mol. The van der Waals surface area contributed by atoms with E-state index in [1.54, 1.807) is 11.3 Å². The van der Waals surface area contributed by atoms with Crippen LogP contribution < -0.4 is 5.32 Å². The summed E-state index contributed by atoms with van der Waals surface area (Å²) in [6, 6.07) is 7.07. The molecular formula is C15H19FN2S. The Morgan fingerprint density at radius 2 is 1.74 bits per heavy atom. The fourth-order valence-corrected chi connectivity index (χ4v) is 3.19. The SMILES string of the molecule is Cc1nc(C)c(C(C)N[C@H](C)c2ccc(F)cc2)s1. The average molecular weight is 278 g/mol. The van der Waals surface area contributed by atoms with E-state index >= 15 is 0 Å². The topological polar surface area (TPSA) is 24.9 Å². The molecule has 0 spiro atoms. The van der Waals surface area contributed by atoms with E-state index in [-0.39, 0.29) is 17.9 Å². The van der Waals surface area contributed by atoms with Crippen molar-refractivity contribution in [2.24, 2.45) is 0 Å². The molecule has 102 valence electrons. The van der Waals surface area contributed by atoms with Crippen LogP contribution in [0.3, 0.4) is 0 Å². The summed E-state index contributed by atoms with van der Waals surface area (Å²) >= 11 is 1.73. The number of rotatable bonds is 4. The molecule has 0 aliphatic carbocycles. The molecule has 2 nitrogen and oxygen atoms in total. The lowest BCUT2D eigenvalue weighted by Gasteiger charge is -2.20.